The smallest absolute Gasteiger partial charge is 0.246 e. The van der Waals surface area contributed by atoms with Crippen LogP contribution in [0.1, 0.15) is 17.3 Å². The second kappa shape index (κ2) is 9.01. The van der Waals surface area contributed by atoms with Gasteiger partial charge in [-0.15, -0.1) is 0 Å². The lowest BCUT2D eigenvalue weighted by molar-refractivity contribution is -0.125. The zero-order valence-corrected chi connectivity index (χ0v) is 16.2. The molecule has 2 atom stereocenters. The molecule has 1 N–H and O–H groups in total. The molecule has 146 valence electrons. The molecule has 1 amide bonds. The van der Waals surface area contributed by atoms with Gasteiger partial charge in [0.2, 0.25) is 5.91 Å². The fourth-order valence-electron chi connectivity index (χ4n) is 3.59. The Morgan fingerprint density at radius 2 is 2.15 bits per heavy atom. The molecule has 2 aromatic rings. The number of aryl methyl sites for hydroxylation is 2. The van der Waals surface area contributed by atoms with Gasteiger partial charge in [0.25, 0.3) is 0 Å². The van der Waals surface area contributed by atoms with Crippen LogP contribution in [0.5, 0.6) is 5.75 Å². The Kier molecular flexibility index (Phi) is 6.47. The van der Waals surface area contributed by atoms with Gasteiger partial charge in [0, 0.05) is 46.2 Å². The number of hydrogen-bond donors (Lipinski definition) is 1. The third-order valence-electron chi connectivity index (χ3n) is 4.97. The van der Waals surface area contributed by atoms with Gasteiger partial charge in [-0.2, -0.15) is 0 Å². The molecule has 0 radical (unpaired) electrons. The van der Waals surface area contributed by atoms with Gasteiger partial charge in [-0.3, -0.25) is 9.69 Å². The molecular formula is C20H28N4O3. The van der Waals surface area contributed by atoms with Crippen molar-refractivity contribution in [3.05, 3.63) is 48.0 Å². The van der Waals surface area contributed by atoms with Gasteiger partial charge in [0.1, 0.15) is 24.8 Å². The largest absolute Gasteiger partial charge is 0.492 e. The first-order valence-corrected chi connectivity index (χ1v) is 9.24. The third-order valence-corrected chi connectivity index (χ3v) is 4.97. The highest BCUT2D eigenvalue weighted by Gasteiger charge is 2.36. The third kappa shape index (κ3) is 4.87. The first-order chi connectivity index (χ1) is 13.1. The maximum atomic E-state index is 12.0. The van der Waals surface area contributed by atoms with E-state index in [1.54, 1.807) is 6.20 Å². The van der Waals surface area contributed by atoms with Crippen LogP contribution in [0.3, 0.4) is 0 Å². The van der Waals surface area contributed by atoms with Gasteiger partial charge in [0.15, 0.2) is 0 Å². The Hall–Kier alpha value is -2.38. The molecule has 1 fully saturated rings. The molecule has 7 heteroatoms. The van der Waals surface area contributed by atoms with Crippen molar-refractivity contribution in [2.75, 3.05) is 40.0 Å². The predicted octanol–water partition coefficient (Wildman–Crippen LogP) is 1.34. The Morgan fingerprint density at radius 1 is 1.33 bits per heavy atom. The average molecular weight is 372 g/mol. The normalized spacial score (nSPS) is 20.0. The summed E-state index contributed by atoms with van der Waals surface area (Å²) in [6.45, 7) is 5.12. The molecule has 1 aliphatic rings. The zero-order chi connectivity index (χ0) is 19.2. The maximum Gasteiger partial charge on any atom is 0.246 e. The van der Waals surface area contributed by atoms with E-state index in [0.29, 0.717) is 6.61 Å². The topological polar surface area (TPSA) is 68.6 Å². The van der Waals surface area contributed by atoms with E-state index in [1.165, 1.54) is 7.11 Å². The summed E-state index contributed by atoms with van der Waals surface area (Å²) < 4.78 is 12.9. The molecule has 7 nitrogen and oxygen atoms in total. The summed E-state index contributed by atoms with van der Waals surface area (Å²) >= 11 is 0. The molecule has 1 aliphatic heterocycles. The van der Waals surface area contributed by atoms with E-state index in [9.17, 15) is 4.79 Å². The van der Waals surface area contributed by atoms with Gasteiger partial charge in [-0.1, -0.05) is 18.2 Å². The number of nitrogens with one attached hydrogen (secondary N) is 1. The molecule has 0 aliphatic carbocycles. The highest BCUT2D eigenvalue weighted by Crippen LogP contribution is 2.26. The predicted molar refractivity (Wildman–Crippen MR) is 103 cm³/mol. The minimum Gasteiger partial charge on any atom is -0.492 e. The number of carbonyl (C=O) groups is 1. The number of para-hydroxylation sites is 1. The monoisotopic (exact) mass is 372 g/mol. The van der Waals surface area contributed by atoms with Crippen molar-refractivity contribution in [3.8, 4) is 5.75 Å². The Balaban J connectivity index is 1.61. The quantitative estimate of drug-likeness (QED) is 0.757. The summed E-state index contributed by atoms with van der Waals surface area (Å²) in [7, 11) is 3.51. The van der Waals surface area contributed by atoms with Crippen molar-refractivity contribution in [2.24, 2.45) is 7.05 Å². The fraction of sp³-hybridized carbons (Fsp3) is 0.500. The second-order valence-electron chi connectivity index (χ2n) is 6.98. The highest BCUT2D eigenvalue weighted by molar-refractivity contribution is 5.77. The first kappa shape index (κ1) is 19.4. The van der Waals surface area contributed by atoms with Crippen molar-refractivity contribution >= 4 is 5.91 Å². The van der Waals surface area contributed by atoms with Crippen LogP contribution in [-0.2, 0) is 16.6 Å². The van der Waals surface area contributed by atoms with Crippen molar-refractivity contribution < 1.29 is 14.3 Å². The number of imidazole rings is 1. The Bertz CT molecular complexity index is 761. The fourth-order valence-corrected chi connectivity index (χ4v) is 3.59. The van der Waals surface area contributed by atoms with Gasteiger partial charge >= 0.3 is 0 Å². The molecule has 0 bridgehead atoms. The molecule has 27 heavy (non-hydrogen) atoms. The summed E-state index contributed by atoms with van der Waals surface area (Å²) in [6.07, 6.45) is 3.74. The van der Waals surface area contributed by atoms with E-state index in [4.69, 9.17) is 9.47 Å². The molecule has 3 rings (SSSR count). The minimum atomic E-state index is -0.0975. The maximum absolute atomic E-state index is 12.0. The van der Waals surface area contributed by atoms with Crippen LogP contribution < -0.4 is 10.1 Å². The number of hydrogen-bond acceptors (Lipinski definition) is 5. The van der Waals surface area contributed by atoms with Crippen LogP contribution in [0.25, 0.3) is 0 Å². The van der Waals surface area contributed by atoms with Crippen LogP contribution in [0.2, 0.25) is 0 Å². The lowest BCUT2D eigenvalue weighted by Gasteiger charge is -2.19. The van der Waals surface area contributed by atoms with Crippen LogP contribution in [0.4, 0.5) is 0 Å². The number of rotatable bonds is 8. The number of amides is 1. The average Bonchev–Trinajstić information content (AvgIpc) is 3.22. The summed E-state index contributed by atoms with van der Waals surface area (Å²) in [4.78, 5) is 18.8. The molecule has 1 saturated heterocycles. The summed E-state index contributed by atoms with van der Waals surface area (Å²) in [6, 6.07) is 8.03. The van der Waals surface area contributed by atoms with Crippen LogP contribution in [0, 0.1) is 6.92 Å². The molecule has 2 heterocycles. The number of methoxy groups -OCH3 is 1. The lowest BCUT2D eigenvalue weighted by atomic mass is 10.0. The second-order valence-corrected chi connectivity index (χ2v) is 6.98. The van der Waals surface area contributed by atoms with E-state index in [1.807, 2.05) is 49.0 Å². The van der Waals surface area contributed by atoms with Crippen molar-refractivity contribution in [1.29, 1.82) is 0 Å². The molecule has 0 unspecified atom stereocenters. The SMILES string of the molecule is COCC(=O)N[C@@H]1CN(CCOc2ccccc2C)C[C@H]1c1nccn1C. The first-order valence-electron chi connectivity index (χ1n) is 9.24. The Morgan fingerprint density at radius 3 is 2.85 bits per heavy atom. The van der Waals surface area contributed by atoms with Gasteiger partial charge in [-0.25, -0.2) is 4.98 Å². The number of benzene rings is 1. The Labute approximate surface area is 160 Å². The van der Waals surface area contributed by atoms with Gasteiger partial charge in [-0.05, 0) is 18.6 Å². The van der Waals surface area contributed by atoms with E-state index >= 15 is 0 Å². The van der Waals surface area contributed by atoms with Crippen molar-refractivity contribution in [3.63, 3.8) is 0 Å². The summed E-state index contributed by atoms with van der Waals surface area (Å²) in [5.74, 6) is 1.95. The molecule has 0 saturated carbocycles. The molecular weight excluding hydrogens is 344 g/mol. The number of aromatic nitrogens is 2. The molecule has 1 aromatic carbocycles. The molecule has 0 spiro atoms. The highest BCUT2D eigenvalue weighted by atomic mass is 16.5. The van der Waals surface area contributed by atoms with E-state index in [2.05, 4.69) is 15.2 Å². The van der Waals surface area contributed by atoms with Crippen LogP contribution in [-0.4, -0.2) is 66.4 Å². The van der Waals surface area contributed by atoms with E-state index in [0.717, 1.165) is 36.8 Å². The van der Waals surface area contributed by atoms with Gasteiger partial charge < -0.3 is 19.4 Å². The number of ether oxygens (including phenoxy) is 2. The number of nitrogens with zero attached hydrogens (tertiary/aromatic N) is 3. The lowest BCUT2D eigenvalue weighted by Crippen LogP contribution is -2.42. The van der Waals surface area contributed by atoms with Crippen molar-refractivity contribution in [2.45, 2.75) is 18.9 Å². The standard InChI is InChI=1S/C20H28N4O3/c1-15-6-4-5-7-18(15)27-11-10-24-12-16(20-21-8-9-23(20)2)17(13-24)22-19(25)14-26-3/h4-9,16-17H,10-14H2,1-3H3,(H,22,25)/t16-,17-/m1/s1. The van der Waals surface area contributed by atoms with E-state index < -0.39 is 0 Å². The summed E-state index contributed by atoms with van der Waals surface area (Å²) in [5.41, 5.74) is 1.13. The van der Waals surface area contributed by atoms with Crippen molar-refractivity contribution in [1.82, 2.24) is 19.8 Å². The molecule has 1 aromatic heterocycles. The minimum absolute atomic E-state index is 0.00668. The zero-order valence-electron chi connectivity index (χ0n) is 16.2. The number of carbonyl (C=O) groups excluding carboxylic acids is 1. The number of likely N-dealkylation sites (tertiary alicyclic amines) is 1. The van der Waals surface area contributed by atoms with Crippen LogP contribution >= 0.6 is 0 Å². The summed E-state index contributed by atoms with van der Waals surface area (Å²) in [5, 5.41) is 3.09. The van der Waals surface area contributed by atoms with Gasteiger partial charge in [0.05, 0.1) is 12.0 Å². The van der Waals surface area contributed by atoms with E-state index in [-0.39, 0.29) is 24.5 Å². The van der Waals surface area contributed by atoms with Crippen LogP contribution in [0.15, 0.2) is 36.7 Å².